The molecule has 2 nitrogen and oxygen atoms in total. The van der Waals surface area contributed by atoms with Gasteiger partial charge in [0.05, 0.1) is 0 Å². The number of alkyl halides is 2. The van der Waals surface area contributed by atoms with E-state index in [-0.39, 0.29) is 0 Å². The van der Waals surface area contributed by atoms with E-state index in [2.05, 4.69) is 12.2 Å². The first-order chi connectivity index (χ1) is 3.92. The molecule has 0 radical (unpaired) electrons. The lowest BCUT2D eigenvalue weighted by Gasteiger charge is -1.86. The standard InChI is InChI=1S/C2H6F2O2PS2/c3-2(4)1-9-7(5,6)8/h2,5-6,8H,1H2/q+1. The number of rotatable bonds is 2. The van der Waals surface area contributed by atoms with Crippen LogP contribution in [0.4, 0.5) is 8.78 Å². The second-order valence-electron chi connectivity index (χ2n) is 1.20. The number of halogens is 2. The maximum Gasteiger partial charge on any atom is 0.427 e. The average Bonchev–Trinajstić information content (AvgIpc) is 1.59. The molecule has 0 aromatic heterocycles. The van der Waals surface area contributed by atoms with Gasteiger partial charge in [-0.15, -0.1) is 0 Å². The summed E-state index contributed by atoms with van der Waals surface area (Å²) in [6.45, 7) is 0. The predicted octanol–water partition coefficient (Wildman–Crippen LogP) is 0.926. The van der Waals surface area contributed by atoms with Crippen molar-refractivity contribution in [1.29, 1.82) is 0 Å². The Balaban J connectivity index is 3.71. The van der Waals surface area contributed by atoms with E-state index in [1.165, 1.54) is 0 Å². The van der Waals surface area contributed by atoms with Gasteiger partial charge in [-0.25, -0.2) is 8.78 Å². The third kappa shape index (κ3) is 8.78. The van der Waals surface area contributed by atoms with Crippen LogP contribution in [-0.2, 0) is 10.9 Å². The number of thiol groups is 1. The normalized spacial score (nSPS) is 12.2. The summed E-state index contributed by atoms with van der Waals surface area (Å²) in [5, 5.41) is 0. The van der Waals surface area contributed by atoms with Crippen LogP contribution in [0, 0.1) is 0 Å². The third-order valence-electron chi connectivity index (χ3n) is 0.374. The van der Waals surface area contributed by atoms with Gasteiger partial charge < -0.3 is 9.79 Å². The number of hydrogen-bond donors (Lipinski definition) is 3. The van der Waals surface area contributed by atoms with Crippen molar-refractivity contribution in [3.63, 3.8) is 0 Å². The maximum atomic E-state index is 11.3. The molecule has 0 bridgehead atoms. The Hall–Kier alpha value is 0.780. The maximum absolute atomic E-state index is 11.3. The minimum absolute atomic E-state index is 0.378. The monoisotopic (exact) mass is 195 g/mol. The zero-order valence-corrected chi connectivity index (χ0v) is 6.84. The Labute approximate surface area is 60.2 Å². The average molecular weight is 195 g/mol. The van der Waals surface area contributed by atoms with Crippen molar-refractivity contribution in [3.8, 4) is 0 Å². The van der Waals surface area contributed by atoms with Gasteiger partial charge in [0.25, 0.3) is 6.43 Å². The molecule has 0 aliphatic rings. The molecule has 0 spiro atoms. The first kappa shape index (κ1) is 9.78. The minimum Gasteiger partial charge on any atom is -0.304 e. The van der Waals surface area contributed by atoms with Crippen molar-refractivity contribution >= 4 is 28.9 Å². The molecule has 56 valence electrons. The van der Waals surface area contributed by atoms with E-state index in [9.17, 15) is 8.78 Å². The van der Waals surface area contributed by atoms with Crippen LogP contribution in [0.1, 0.15) is 0 Å². The zero-order chi connectivity index (χ0) is 7.49. The van der Waals surface area contributed by atoms with E-state index in [0.29, 0.717) is 10.9 Å². The van der Waals surface area contributed by atoms with Crippen LogP contribution >= 0.6 is 17.9 Å². The van der Waals surface area contributed by atoms with E-state index in [4.69, 9.17) is 9.79 Å². The van der Waals surface area contributed by atoms with Crippen LogP contribution in [0.15, 0.2) is 0 Å². The predicted molar refractivity (Wildman–Crippen MR) is 38.6 cm³/mol. The lowest BCUT2D eigenvalue weighted by atomic mass is 10.9. The van der Waals surface area contributed by atoms with E-state index in [0.717, 1.165) is 0 Å². The van der Waals surface area contributed by atoms with Crippen molar-refractivity contribution < 1.29 is 18.6 Å². The van der Waals surface area contributed by atoms with Crippen molar-refractivity contribution in [1.82, 2.24) is 0 Å². The largest absolute Gasteiger partial charge is 0.427 e. The second-order valence-corrected chi connectivity index (χ2v) is 7.61. The lowest BCUT2D eigenvalue weighted by Crippen LogP contribution is -1.95. The molecule has 0 saturated carbocycles. The smallest absolute Gasteiger partial charge is 0.304 e. The van der Waals surface area contributed by atoms with Crippen LogP contribution in [0.2, 0.25) is 0 Å². The molecule has 0 rings (SSSR count). The summed E-state index contributed by atoms with van der Waals surface area (Å²) in [6, 6.07) is 0. The molecule has 7 heteroatoms. The van der Waals surface area contributed by atoms with E-state index in [1.807, 2.05) is 0 Å². The fraction of sp³-hybridized carbons (Fsp3) is 1.00. The van der Waals surface area contributed by atoms with Gasteiger partial charge in [-0.1, -0.05) is 0 Å². The van der Waals surface area contributed by atoms with Crippen LogP contribution in [0.5, 0.6) is 0 Å². The minimum atomic E-state index is -3.34. The Morgan fingerprint density at radius 1 is 1.56 bits per heavy atom. The van der Waals surface area contributed by atoms with Crippen LogP contribution in [0.25, 0.3) is 0 Å². The Morgan fingerprint density at radius 3 is 2.11 bits per heavy atom. The fourth-order valence-corrected chi connectivity index (χ4v) is 2.01. The van der Waals surface area contributed by atoms with Gasteiger partial charge in [0.1, 0.15) is 0 Å². The molecule has 0 aliphatic carbocycles. The van der Waals surface area contributed by atoms with Gasteiger partial charge in [-0.3, -0.25) is 0 Å². The summed E-state index contributed by atoms with van der Waals surface area (Å²) >= 11 is 3.28. The molecule has 0 aliphatic heterocycles. The quantitative estimate of drug-likeness (QED) is 0.348. The molecule has 0 aromatic rings. The van der Waals surface area contributed by atoms with Crippen LogP contribution in [-0.4, -0.2) is 22.0 Å². The van der Waals surface area contributed by atoms with Gasteiger partial charge in [-0.05, 0) is 12.2 Å². The molecule has 0 unspecified atom stereocenters. The molecule has 0 saturated heterocycles. The van der Waals surface area contributed by atoms with Crippen molar-refractivity contribution in [2.75, 3.05) is 5.75 Å². The van der Waals surface area contributed by atoms with Crippen molar-refractivity contribution in [2.24, 2.45) is 0 Å². The van der Waals surface area contributed by atoms with Gasteiger partial charge >= 0.3 is 5.69 Å². The van der Waals surface area contributed by atoms with E-state index in [1.54, 1.807) is 0 Å². The summed E-state index contributed by atoms with van der Waals surface area (Å²) in [5.74, 6) is -0.579. The molecule has 0 aromatic carbocycles. The Morgan fingerprint density at radius 2 is 2.00 bits per heavy atom. The summed E-state index contributed by atoms with van der Waals surface area (Å²) in [6.07, 6.45) is -2.51. The topological polar surface area (TPSA) is 40.5 Å². The Kier molecular flexibility index (Phi) is 4.16. The third-order valence-corrected chi connectivity index (χ3v) is 3.65. The number of hydrogen-bond acceptors (Lipinski definition) is 0. The van der Waals surface area contributed by atoms with Crippen LogP contribution in [0.3, 0.4) is 0 Å². The Bertz CT molecular complexity index is 124. The SMILES string of the molecule is OP(O)(S)=[S+]CC(F)F. The zero-order valence-electron chi connectivity index (χ0n) is 4.24. The molecule has 2 N–H and O–H groups in total. The van der Waals surface area contributed by atoms with Crippen molar-refractivity contribution in [2.45, 2.75) is 6.43 Å². The highest BCUT2D eigenvalue weighted by Crippen LogP contribution is 2.42. The van der Waals surface area contributed by atoms with Crippen molar-refractivity contribution in [3.05, 3.63) is 0 Å². The molecular weight excluding hydrogens is 189 g/mol. The first-order valence-electron chi connectivity index (χ1n) is 1.92. The highest BCUT2D eigenvalue weighted by Gasteiger charge is 2.19. The molecule has 0 fully saturated rings. The van der Waals surface area contributed by atoms with Gasteiger partial charge in [0, 0.05) is 0 Å². The van der Waals surface area contributed by atoms with E-state index >= 15 is 0 Å². The second kappa shape index (κ2) is 3.83. The fourth-order valence-electron chi connectivity index (χ4n) is 0.156. The summed E-state index contributed by atoms with van der Waals surface area (Å²) in [5.41, 5.74) is -3.34. The summed E-state index contributed by atoms with van der Waals surface area (Å²) in [7, 11) is 0.378. The van der Waals surface area contributed by atoms with E-state index < -0.39 is 17.9 Å². The first-order valence-corrected chi connectivity index (χ1v) is 6.35. The summed E-state index contributed by atoms with van der Waals surface area (Å²) in [4.78, 5) is 16.9. The highest BCUT2D eigenvalue weighted by atomic mass is 32.9. The van der Waals surface area contributed by atoms with Crippen LogP contribution < -0.4 is 0 Å². The molecule has 9 heavy (non-hydrogen) atoms. The lowest BCUT2D eigenvalue weighted by molar-refractivity contribution is 0.177. The van der Waals surface area contributed by atoms with Gasteiger partial charge in [-0.2, -0.15) is 0 Å². The molecule has 0 amide bonds. The summed E-state index contributed by atoms with van der Waals surface area (Å²) < 4.78 is 22.6. The highest BCUT2D eigenvalue weighted by molar-refractivity contribution is 8.62. The molecule has 0 heterocycles. The van der Waals surface area contributed by atoms with Gasteiger partial charge in [0.15, 0.2) is 0 Å². The van der Waals surface area contributed by atoms with Gasteiger partial charge in [0.2, 0.25) is 16.7 Å². The molecule has 0 atom stereocenters. The molecular formula is C2H6F2O2PS2+.